The maximum absolute atomic E-state index is 14.1. The third kappa shape index (κ3) is 14.3. The van der Waals surface area contributed by atoms with Gasteiger partial charge in [0.25, 0.3) is 0 Å². The van der Waals surface area contributed by atoms with Crippen LogP contribution in [0.2, 0.25) is 0 Å². The number of nitrogens with zero attached hydrogens (tertiary/aromatic N) is 3. The van der Waals surface area contributed by atoms with Crippen LogP contribution in [0, 0.1) is 12.3 Å². The molecule has 3 amide bonds. The van der Waals surface area contributed by atoms with Crippen LogP contribution in [0.1, 0.15) is 126 Å². The third-order valence-electron chi connectivity index (χ3n) is 13.7. The molecule has 4 atom stereocenters. The maximum Gasteiger partial charge on any atom is 0.246 e. The molecular formula is C58H71N5O8S2. The minimum absolute atomic E-state index is 0.0268. The number of β-amino-alcohol motifs (C(OH)–C–C–N with tert-alkyl or cyclic N) is 1. The standard InChI is InChI=1S/C58H71N5O8S2/c1-7-62(31-32-71-46-27-22-40(23-28-46)52(68)51-47-29-26-44(65)34-49(47)73-54(51)42-20-24-43(64)25-21-42)30-14-12-10-8-9-11-13-15-50(67)61-55(58(4,5)6)57(70)63-35-45(66)33-48(63)56(69)60-37(2)39-16-18-41(19-17-39)53-38(3)59-36-72-53/h16-29,34,36-37,45,48,55,64-66H,7-15,30-33,35H2,1-6H3,(H,60,69)(H,61,67)/t37-,45+,48-,55?/m0/s1. The quantitative estimate of drug-likeness (QED) is 0.0289. The number of fused-ring (bicyclic) bond motifs is 1. The molecule has 0 saturated carbocycles. The summed E-state index contributed by atoms with van der Waals surface area (Å²) in [5, 5.41) is 37.5. The van der Waals surface area contributed by atoms with Gasteiger partial charge < -0.3 is 40.5 Å². The lowest BCUT2D eigenvalue weighted by molar-refractivity contribution is -0.144. The number of aliphatic hydroxyl groups is 1. The Balaban J connectivity index is 0.781. The average Bonchev–Trinajstić information content (AvgIpc) is 4.10. The number of thiazole rings is 1. The van der Waals surface area contributed by atoms with Crippen molar-refractivity contribution >= 4 is 56.3 Å². The molecule has 1 aliphatic heterocycles. The normalized spacial score (nSPS) is 15.6. The molecule has 13 nitrogen and oxygen atoms in total. The average molecular weight is 1030 g/mol. The van der Waals surface area contributed by atoms with Crippen molar-refractivity contribution in [2.24, 2.45) is 5.41 Å². The number of aryl methyl sites for hydroxylation is 1. The van der Waals surface area contributed by atoms with Gasteiger partial charge in [-0.15, -0.1) is 22.7 Å². The topological polar surface area (TPSA) is 182 Å². The highest BCUT2D eigenvalue weighted by molar-refractivity contribution is 7.22. The number of unbranched alkanes of at least 4 members (excludes halogenated alkanes) is 6. The van der Waals surface area contributed by atoms with Crippen molar-refractivity contribution in [1.82, 2.24) is 25.4 Å². The Morgan fingerprint density at radius 3 is 2.12 bits per heavy atom. The molecule has 1 unspecified atom stereocenters. The van der Waals surface area contributed by atoms with Crippen molar-refractivity contribution in [2.45, 2.75) is 124 Å². The number of hydrogen-bond acceptors (Lipinski definition) is 12. The van der Waals surface area contributed by atoms with E-state index in [4.69, 9.17) is 4.74 Å². The summed E-state index contributed by atoms with van der Waals surface area (Å²) in [7, 11) is 0. The van der Waals surface area contributed by atoms with Crippen molar-refractivity contribution in [2.75, 3.05) is 32.8 Å². The molecule has 6 aromatic rings. The number of rotatable bonds is 24. The van der Waals surface area contributed by atoms with Crippen molar-refractivity contribution < 1.29 is 39.2 Å². The Bertz CT molecular complexity index is 2800. The van der Waals surface area contributed by atoms with Gasteiger partial charge in [-0.25, -0.2) is 4.98 Å². The van der Waals surface area contributed by atoms with E-state index in [1.807, 2.05) is 76.5 Å². The van der Waals surface area contributed by atoms with Gasteiger partial charge in [0, 0.05) is 52.0 Å². The number of carbonyl (C=O) groups excluding carboxylic acids is 4. The molecule has 73 heavy (non-hydrogen) atoms. The van der Waals surface area contributed by atoms with Gasteiger partial charge in [0.2, 0.25) is 17.7 Å². The van der Waals surface area contributed by atoms with Crippen LogP contribution >= 0.6 is 22.7 Å². The predicted octanol–water partition coefficient (Wildman–Crippen LogP) is 10.8. The number of aromatic hydroxyl groups is 2. The number of benzene rings is 4. The molecule has 3 heterocycles. The van der Waals surface area contributed by atoms with Crippen molar-refractivity contribution in [3.05, 3.63) is 119 Å². The van der Waals surface area contributed by atoms with Crippen LogP contribution < -0.4 is 15.4 Å². The van der Waals surface area contributed by atoms with E-state index < -0.39 is 23.6 Å². The molecule has 2 aromatic heterocycles. The summed E-state index contributed by atoms with van der Waals surface area (Å²) in [5.41, 5.74) is 6.06. The first-order valence-electron chi connectivity index (χ1n) is 25.6. The van der Waals surface area contributed by atoms with Gasteiger partial charge in [-0.1, -0.05) is 84.1 Å². The van der Waals surface area contributed by atoms with Crippen LogP contribution in [-0.4, -0.2) is 105 Å². The number of phenolic OH excluding ortho intramolecular Hbond substituents is 2. The number of likely N-dealkylation sites (N-methyl/N-ethyl adjacent to an activating group) is 1. The van der Waals surface area contributed by atoms with Gasteiger partial charge >= 0.3 is 0 Å². The molecule has 15 heteroatoms. The molecule has 4 aromatic carbocycles. The Morgan fingerprint density at radius 2 is 1.47 bits per heavy atom. The van der Waals surface area contributed by atoms with Crippen molar-refractivity contribution in [3.63, 3.8) is 0 Å². The number of aliphatic hydroxyl groups excluding tert-OH is 1. The highest BCUT2D eigenvalue weighted by Crippen LogP contribution is 2.42. The molecule has 0 aliphatic carbocycles. The molecule has 0 spiro atoms. The number of carbonyl (C=O) groups is 4. The number of phenols is 2. The lowest BCUT2D eigenvalue weighted by Gasteiger charge is -2.35. The minimum atomic E-state index is -0.857. The second kappa shape index (κ2) is 25.2. The molecule has 388 valence electrons. The lowest BCUT2D eigenvalue weighted by atomic mass is 9.85. The van der Waals surface area contributed by atoms with Gasteiger partial charge in [-0.05, 0) is 129 Å². The fourth-order valence-electron chi connectivity index (χ4n) is 9.45. The fourth-order valence-corrected chi connectivity index (χ4v) is 11.5. The first-order valence-corrected chi connectivity index (χ1v) is 27.3. The molecule has 1 saturated heterocycles. The predicted molar refractivity (Wildman–Crippen MR) is 291 cm³/mol. The van der Waals surface area contributed by atoms with Gasteiger partial charge in [-0.3, -0.25) is 19.2 Å². The second-order valence-electron chi connectivity index (χ2n) is 20.3. The van der Waals surface area contributed by atoms with E-state index in [2.05, 4.69) is 27.4 Å². The number of nitrogens with one attached hydrogen (secondary N) is 2. The Kier molecular flexibility index (Phi) is 18.9. The van der Waals surface area contributed by atoms with Crippen LogP contribution in [0.25, 0.3) is 31.0 Å². The number of ether oxygens (including phenoxy) is 1. The summed E-state index contributed by atoms with van der Waals surface area (Å²) in [5.74, 6) is -0.0445. The molecule has 1 fully saturated rings. The number of hydrogen-bond donors (Lipinski definition) is 5. The monoisotopic (exact) mass is 1030 g/mol. The Hall–Kier alpha value is -6.13. The van der Waals surface area contributed by atoms with E-state index in [9.17, 15) is 34.5 Å². The smallest absolute Gasteiger partial charge is 0.246 e. The largest absolute Gasteiger partial charge is 0.508 e. The maximum atomic E-state index is 14.1. The highest BCUT2D eigenvalue weighted by Gasteiger charge is 2.44. The molecule has 5 N–H and O–H groups in total. The summed E-state index contributed by atoms with van der Waals surface area (Å²) in [4.78, 5) is 65.1. The van der Waals surface area contributed by atoms with Crippen LogP contribution in [0.4, 0.5) is 0 Å². The van der Waals surface area contributed by atoms with E-state index in [-0.39, 0.29) is 54.0 Å². The van der Waals surface area contributed by atoms with Crippen LogP contribution in [0.3, 0.4) is 0 Å². The van der Waals surface area contributed by atoms with E-state index in [1.165, 1.54) is 16.2 Å². The molecule has 0 radical (unpaired) electrons. The Labute approximate surface area is 437 Å². The van der Waals surface area contributed by atoms with Gasteiger partial charge in [0.05, 0.1) is 28.2 Å². The summed E-state index contributed by atoms with van der Waals surface area (Å²) in [6, 6.07) is 25.0. The van der Waals surface area contributed by atoms with Crippen LogP contribution in [0.15, 0.2) is 96.5 Å². The SMILES string of the molecule is CCN(CCCCCCCCCC(=O)NC(C(=O)N1C[C@H](O)C[C@H]1C(=O)N[C@@H](C)c1ccc(-c2scnc2C)cc1)C(C)(C)C)CCOc1ccc(C(=O)c2c(-c3ccc(O)cc3)sc3cc(O)ccc23)cc1. The summed E-state index contributed by atoms with van der Waals surface area (Å²) in [6.45, 7) is 14.9. The summed E-state index contributed by atoms with van der Waals surface area (Å²) < 4.78 is 6.91. The first-order chi connectivity index (χ1) is 35.0. The van der Waals surface area contributed by atoms with Gasteiger partial charge in [0.1, 0.15) is 35.9 Å². The third-order valence-corrected chi connectivity index (χ3v) is 15.9. The van der Waals surface area contributed by atoms with Crippen LogP contribution in [0.5, 0.6) is 17.2 Å². The lowest BCUT2D eigenvalue weighted by Crippen LogP contribution is -2.57. The fraction of sp³-hybridized carbons (Fsp3) is 0.431. The van der Waals surface area contributed by atoms with Crippen LogP contribution in [-0.2, 0) is 14.4 Å². The molecule has 1 aliphatic rings. The molecule has 7 rings (SSSR count). The second-order valence-corrected chi connectivity index (χ2v) is 22.2. The number of thiophene rings is 1. The van der Waals surface area contributed by atoms with Gasteiger partial charge in [-0.2, -0.15) is 0 Å². The zero-order valence-electron chi connectivity index (χ0n) is 43.0. The van der Waals surface area contributed by atoms with Gasteiger partial charge in [0.15, 0.2) is 5.78 Å². The number of ketones is 1. The highest BCUT2D eigenvalue weighted by atomic mass is 32.1. The van der Waals surface area contributed by atoms with E-state index in [1.54, 1.807) is 65.9 Å². The van der Waals surface area contributed by atoms with E-state index in [0.29, 0.717) is 29.9 Å². The zero-order valence-corrected chi connectivity index (χ0v) is 44.6. The number of amides is 3. The molecule has 0 bridgehead atoms. The van der Waals surface area contributed by atoms with E-state index in [0.717, 1.165) is 107 Å². The zero-order chi connectivity index (χ0) is 52.2. The van der Waals surface area contributed by atoms with E-state index >= 15 is 0 Å². The summed E-state index contributed by atoms with van der Waals surface area (Å²) >= 11 is 3.02. The van der Waals surface area contributed by atoms with Crippen molar-refractivity contribution in [3.8, 4) is 38.1 Å². The number of aromatic nitrogens is 1. The molecular weight excluding hydrogens is 959 g/mol. The number of likely N-dealkylation sites (tertiary alicyclic amines) is 1. The van der Waals surface area contributed by atoms with Crippen molar-refractivity contribution in [1.29, 1.82) is 0 Å². The first kappa shape index (κ1) is 54.6. The Morgan fingerprint density at radius 1 is 0.822 bits per heavy atom. The summed E-state index contributed by atoms with van der Waals surface area (Å²) in [6.07, 6.45) is 6.64. The minimum Gasteiger partial charge on any atom is -0.508 e.